The lowest BCUT2D eigenvalue weighted by Crippen LogP contribution is -1.89. The zero-order valence-electron chi connectivity index (χ0n) is 9.85. The molecule has 5 heteroatoms. The van der Waals surface area contributed by atoms with Gasteiger partial charge in [0.15, 0.2) is 0 Å². The molecule has 2 rings (SSSR count). The van der Waals surface area contributed by atoms with Crippen molar-refractivity contribution >= 4 is 17.6 Å². The van der Waals surface area contributed by atoms with Gasteiger partial charge in [0.1, 0.15) is 0 Å². The van der Waals surface area contributed by atoms with E-state index in [0.717, 1.165) is 0 Å². The lowest BCUT2D eigenvalue weighted by Gasteiger charge is -1.95. The van der Waals surface area contributed by atoms with Crippen molar-refractivity contribution in [2.45, 2.75) is 0 Å². The van der Waals surface area contributed by atoms with Gasteiger partial charge in [-0.2, -0.15) is 5.26 Å². The average molecular weight is 251 g/mol. The summed E-state index contributed by atoms with van der Waals surface area (Å²) in [6.07, 6.45) is 1.55. The second kappa shape index (κ2) is 5.56. The van der Waals surface area contributed by atoms with E-state index in [1.807, 2.05) is 6.07 Å². The quantitative estimate of drug-likeness (QED) is 0.477. The van der Waals surface area contributed by atoms with Crippen LogP contribution in [0, 0.1) is 21.4 Å². The van der Waals surface area contributed by atoms with Crippen molar-refractivity contribution in [1.82, 2.24) is 0 Å². The highest BCUT2D eigenvalue weighted by molar-refractivity contribution is 5.82. The van der Waals surface area contributed by atoms with Crippen LogP contribution in [0.4, 0.5) is 11.4 Å². The van der Waals surface area contributed by atoms with Gasteiger partial charge in [-0.05, 0) is 29.8 Å². The van der Waals surface area contributed by atoms with Crippen molar-refractivity contribution in [2.75, 3.05) is 0 Å². The molecule has 0 heterocycles. The standard InChI is InChI=1S/C14H9N3O2/c15-9-11-4-6-13(7-5-11)16-10-12-2-1-3-14(8-12)17(18)19/h1-8,10H. The fraction of sp³-hybridized carbons (Fsp3) is 0. The summed E-state index contributed by atoms with van der Waals surface area (Å²) in [5.74, 6) is 0. The monoisotopic (exact) mass is 251 g/mol. The van der Waals surface area contributed by atoms with E-state index in [4.69, 9.17) is 5.26 Å². The maximum atomic E-state index is 10.6. The first-order valence-electron chi connectivity index (χ1n) is 5.48. The van der Waals surface area contributed by atoms with Gasteiger partial charge in [-0.15, -0.1) is 0 Å². The van der Waals surface area contributed by atoms with Crippen LogP contribution in [0.5, 0.6) is 0 Å². The highest BCUT2D eigenvalue weighted by Crippen LogP contribution is 2.15. The molecule has 0 aliphatic carbocycles. The van der Waals surface area contributed by atoms with Crippen molar-refractivity contribution in [3.05, 3.63) is 69.8 Å². The molecule has 0 aliphatic heterocycles. The number of nitriles is 1. The van der Waals surface area contributed by atoms with Crippen molar-refractivity contribution < 1.29 is 4.92 Å². The topological polar surface area (TPSA) is 79.3 Å². The molecular weight excluding hydrogens is 242 g/mol. The zero-order chi connectivity index (χ0) is 13.7. The van der Waals surface area contributed by atoms with Crippen LogP contribution in [0.1, 0.15) is 11.1 Å². The minimum atomic E-state index is -0.445. The minimum Gasteiger partial charge on any atom is -0.258 e. The van der Waals surface area contributed by atoms with Crippen LogP contribution >= 0.6 is 0 Å². The van der Waals surface area contributed by atoms with Crippen molar-refractivity contribution in [2.24, 2.45) is 4.99 Å². The molecule has 0 fully saturated rings. The number of nitro groups is 1. The Morgan fingerprint density at radius 1 is 1.21 bits per heavy atom. The van der Waals surface area contributed by atoms with Gasteiger partial charge in [0.05, 0.1) is 22.2 Å². The summed E-state index contributed by atoms with van der Waals surface area (Å²) in [6, 6.07) is 15.0. The van der Waals surface area contributed by atoms with Crippen LogP contribution in [0.3, 0.4) is 0 Å². The van der Waals surface area contributed by atoms with E-state index < -0.39 is 4.92 Å². The zero-order valence-corrected chi connectivity index (χ0v) is 9.85. The molecule has 2 aromatic carbocycles. The number of nitrogens with zero attached hydrogens (tertiary/aromatic N) is 3. The second-order valence-corrected chi connectivity index (χ2v) is 3.77. The molecule has 92 valence electrons. The van der Waals surface area contributed by atoms with E-state index in [9.17, 15) is 10.1 Å². The third-order valence-electron chi connectivity index (χ3n) is 2.44. The summed E-state index contributed by atoms with van der Waals surface area (Å²) < 4.78 is 0. The van der Waals surface area contributed by atoms with Gasteiger partial charge < -0.3 is 0 Å². The Kier molecular flexibility index (Phi) is 3.64. The van der Waals surface area contributed by atoms with Crippen molar-refractivity contribution in [3.63, 3.8) is 0 Å². The van der Waals surface area contributed by atoms with Crippen LogP contribution in [0.2, 0.25) is 0 Å². The minimum absolute atomic E-state index is 0.0313. The summed E-state index contributed by atoms with van der Waals surface area (Å²) in [4.78, 5) is 14.4. The third-order valence-corrected chi connectivity index (χ3v) is 2.44. The third kappa shape index (κ3) is 3.23. The molecule has 0 N–H and O–H groups in total. The van der Waals surface area contributed by atoms with E-state index in [1.165, 1.54) is 12.1 Å². The van der Waals surface area contributed by atoms with Gasteiger partial charge in [-0.25, -0.2) is 0 Å². The number of aliphatic imine (C=N–C) groups is 1. The summed E-state index contributed by atoms with van der Waals surface area (Å²) in [7, 11) is 0. The Hall–Kier alpha value is -3.00. The molecule has 2 aromatic rings. The van der Waals surface area contributed by atoms with Gasteiger partial charge in [-0.3, -0.25) is 15.1 Å². The molecule has 0 spiro atoms. The molecule has 0 aromatic heterocycles. The molecular formula is C14H9N3O2. The van der Waals surface area contributed by atoms with E-state index in [1.54, 1.807) is 42.6 Å². The van der Waals surface area contributed by atoms with Crippen LogP contribution in [-0.2, 0) is 0 Å². The fourth-order valence-corrected chi connectivity index (χ4v) is 1.49. The summed E-state index contributed by atoms with van der Waals surface area (Å²) >= 11 is 0. The normalized spacial score (nSPS) is 10.3. The van der Waals surface area contributed by atoms with E-state index in [-0.39, 0.29) is 5.69 Å². The predicted octanol–water partition coefficient (Wildman–Crippen LogP) is 3.22. The smallest absolute Gasteiger partial charge is 0.258 e. The average Bonchev–Trinajstić information content (AvgIpc) is 2.46. The Morgan fingerprint density at radius 3 is 2.58 bits per heavy atom. The molecule has 0 radical (unpaired) electrons. The van der Waals surface area contributed by atoms with Gasteiger partial charge in [-0.1, -0.05) is 12.1 Å². The highest BCUT2D eigenvalue weighted by Gasteiger charge is 2.03. The molecule has 0 atom stereocenters. The molecule has 19 heavy (non-hydrogen) atoms. The lowest BCUT2D eigenvalue weighted by molar-refractivity contribution is -0.384. The predicted molar refractivity (Wildman–Crippen MR) is 71.5 cm³/mol. The molecule has 0 saturated carbocycles. The van der Waals surface area contributed by atoms with Crippen molar-refractivity contribution in [3.8, 4) is 6.07 Å². The first-order valence-corrected chi connectivity index (χ1v) is 5.48. The molecule has 0 unspecified atom stereocenters. The van der Waals surface area contributed by atoms with E-state index in [0.29, 0.717) is 16.8 Å². The largest absolute Gasteiger partial charge is 0.270 e. The number of non-ortho nitro benzene ring substituents is 1. The molecule has 0 saturated heterocycles. The van der Waals surface area contributed by atoms with Gasteiger partial charge in [0.2, 0.25) is 0 Å². The summed E-state index contributed by atoms with van der Waals surface area (Å²) in [5, 5.41) is 19.3. The van der Waals surface area contributed by atoms with E-state index in [2.05, 4.69) is 4.99 Å². The van der Waals surface area contributed by atoms with Crippen LogP contribution < -0.4 is 0 Å². The van der Waals surface area contributed by atoms with Crippen LogP contribution in [-0.4, -0.2) is 11.1 Å². The molecule has 0 bridgehead atoms. The highest BCUT2D eigenvalue weighted by atomic mass is 16.6. The number of rotatable bonds is 3. The molecule has 5 nitrogen and oxygen atoms in total. The number of hydrogen-bond donors (Lipinski definition) is 0. The van der Waals surface area contributed by atoms with E-state index >= 15 is 0 Å². The number of benzene rings is 2. The Morgan fingerprint density at radius 2 is 1.95 bits per heavy atom. The maximum absolute atomic E-state index is 10.6. The Bertz CT molecular complexity index is 670. The first kappa shape index (κ1) is 12.5. The molecule has 0 aliphatic rings. The number of nitro benzene ring substituents is 1. The van der Waals surface area contributed by atoms with Crippen LogP contribution in [0.15, 0.2) is 53.5 Å². The van der Waals surface area contributed by atoms with Crippen LogP contribution in [0.25, 0.3) is 0 Å². The number of hydrogen-bond acceptors (Lipinski definition) is 4. The SMILES string of the molecule is N#Cc1ccc(N=Cc2cccc([N+](=O)[O-])c2)cc1. The first-order chi connectivity index (χ1) is 9.19. The summed E-state index contributed by atoms with van der Waals surface area (Å²) in [5.41, 5.74) is 1.93. The van der Waals surface area contributed by atoms with Gasteiger partial charge >= 0.3 is 0 Å². The maximum Gasteiger partial charge on any atom is 0.270 e. The lowest BCUT2D eigenvalue weighted by atomic mass is 10.2. The fourth-order valence-electron chi connectivity index (χ4n) is 1.49. The molecule has 0 amide bonds. The Balaban J connectivity index is 2.20. The second-order valence-electron chi connectivity index (χ2n) is 3.77. The summed E-state index contributed by atoms with van der Waals surface area (Å²) in [6.45, 7) is 0. The Labute approximate surface area is 109 Å². The van der Waals surface area contributed by atoms with Gasteiger partial charge in [0, 0.05) is 18.3 Å². The van der Waals surface area contributed by atoms with Gasteiger partial charge in [0.25, 0.3) is 5.69 Å². The van der Waals surface area contributed by atoms with Crippen molar-refractivity contribution in [1.29, 1.82) is 5.26 Å².